The average molecular weight is 391 g/mol. The van der Waals surface area contributed by atoms with E-state index in [9.17, 15) is 9.59 Å². The summed E-state index contributed by atoms with van der Waals surface area (Å²) in [5.74, 6) is -0.260. The van der Waals surface area contributed by atoms with Crippen LogP contribution < -0.4 is 5.56 Å². The van der Waals surface area contributed by atoms with Gasteiger partial charge in [-0.05, 0) is 26.0 Å². The first-order chi connectivity index (χ1) is 13.5. The second-order valence-electron chi connectivity index (χ2n) is 6.42. The number of fused-ring (bicyclic) bond motifs is 1. The number of hydrogen-bond acceptors (Lipinski definition) is 6. The van der Waals surface area contributed by atoms with Crippen LogP contribution in [0.1, 0.15) is 34.9 Å². The standard InChI is InChI=1S/C21H17N3O3S/c1-12-7-9-14(10-8-12)20-23-17(11-28-20)21(26)27-13(2)18-22-16-6-4-3-5-15(16)19(25)24-18/h3-11,13H,1-2H3,(H,22,24,25). The number of hydrogen-bond donors (Lipinski definition) is 1. The minimum Gasteiger partial charge on any atom is -0.450 e. The lowest BCUT2D eigenvalue weighted by molar-refractivity contribution is 0.0314. The average Bonchev–Trinajstić information content (AvgIpc) is 3.19. The third kappa shape index (κ3) is 3.57. The van der Waals surface area contributed by atoms with Gasteiger partial charge in [0.05, 0.1) is 10.9 Å². The number of carbonyl (C=O) groups is 1. The molecule has 4 rings (SSSR count). The molecule has 1 N–H and O–H groups in total. The quantitative estimate of drug-likeness (QED) is 0.525. The molecule has 0 amide bonds. The first-order valence-corrected chi connectivity index (χ1v) is 9.62. The van der Waals surface area contributed by atoms with Gasteiger partial charge in [0, 0.05) is 10.9 Å². The smallest absolute Gasteiger partial charge is 0.358 e. The van der Waals surface area contributed by atoms with Crippen molar-refractivity contribution < 1.29 is 9.53 Å². The van der Waals surface area contributed by atoms with E-state index in [1.54, 1.807) is 36.6 Å². The molecule has 0 saturated carbocycles. The van der Waals surface area contributed by atoms with Crippen molar-refractivity contribution in [3.05, 3.63) is 81.3 Å². The molecular weight excluding hydrogens is 374 g/mol. The van der Waals surface area contributed by atoms with Crippen LogP contribution >= 0.6 is 11.3 Å². The van der Waals surface area contributed by atoms with Gasteiger partial charge in [0.25, 0.3) is 5.56 Å². The SMILES string of the molecule is Cc1ccc(-c2nc(C(=O)OC(C)c3nc4ccccc4c(=O)[nH]3)cs2)cc1. The van der Waals surface area contributed by atoms with Crippen molar-refractivity contribution in [2.24, 2.45) is 0 Å². The fraction of sp³-hybridized carbons (Fsp3) is 0.143. The number of thiazole rings is 1. The van der Waals surface area contributed by atoms with Gasteiger partial charge in [0.15, 0.2) is 17.6 Å². The zero-order chi connectivity index (χ0) is 19.7. The van der Waals surface area contributed by atoms with E-state index < -0.39 is 12.1 Å². The number of para-hydroxylation sites is 1. The third-order valence-corrected chi connectivity index (χ3v) is 5.20. The Labute approximate surface area is 164 Å². The van der Waals surface area contributed by atoms with Crippen molar-refractivity contribution in [1.82, 2.24) is 15.0 Å². The fourth-order valence-corrected chi connectivity index (χ4v) is 3.57. The predicted molar refractivity (Wildman–Crippen MR) is 108 cm³/mol. The Hall–Kier alpha value is -3.32. The lowest BCUT2D eigenvalue weighted by Crippen LogP contribution is -2.17. The zero-order valence-electron chi connectivity index (χ0n) is 15.3. The van der Waals surface area contributed by atoms with E-state index in [4.69, 9.17) is 4.74 Å². The van der Waals surface area contributed by atoms with Gasteiger partial charge in [-0.2, -0.15) is 0 Å². The molecule has 0 saturated heterocycles. The molecule has 0 radical (unpaired) electrons. The first-order valence-electron chi connectivity index (χ1n) is 8.74. The van der Waals surface area contributed by atoms with Crippen LogP contribution in [0.5, 0.6) is 0 Å². The van der Waals surface area contributed by atoms with E-state index in [-0.39, 0.29) is 11.3 Å². The van der Waals surface area contributed by atoms with Gasteiger partial charge in [0.2, 0.25) is 0 Å². The van der Waals surface area contributed by atoms with Crippen LogP contribution in [0.3, 0.4) is 0 Å². The van der Waals surface area contributed by atoms with Crippen molar-refractivity contribution in [2.75, 3.05) is 0 Å². The Bertz CT molecular complexity index is 1210. The van der Waals surface area contributed by atoms with Crippen molar-refractivity contribution in [3.63, 3.8) is 0 Å². The van der Waals surface area contributed by atoms with Crippen molar-refractivity contribution in [3.8, 4) is 10.6 Å². The van der Waals surface area contributed by atoms with Crippen molar-refractivity contribution >= 4 is 28.2 Å². The molecule has 1 atom stereocenters. The molecule has 140 valence electrons. The highest BCUT2D eigenvalue weighted by atomic mass is 32.1. The van der Waals surface area contributed by atoms with Gasteiger partial charge in [-0.15, -0.1) is 11.3 Å². The summed E-state index contributed by atoms with van der Waals surface area (Å²) in [7, 11) is 0. The number of benzene rings is 2. The summed E-state index contributed by atoms with van der Waals surface area (Å²) in [5, 5.41) is 2.91. The molecule has 1 unspecified atom stereocenters. The number of carbonyl (C=O) groups excluding carboxylic acids is 1. The normalized spacial score (nSPS) is 12.1. The zero-order valence-corrected chi connectivity index (χ0v) is 16.1. The summed E-state index contributed by atoms with van der Waals surface area (Å²) in [6, 6.07) is 15.0. The van der Waals surface area contributed by atoms with Crippen LogP contribution in [0, 0.1) is 6.92 Å². The minimum atomic E-state index is -0.714. The topological polar surface area (TPSA) is 84.9 Å². The predicted octanol–water partition coefficient (Wildman–Crippen LogP) is 4.27. The summed E-state index contributed by atoms with van der Waals surface area (Å²) in [4.78, 5) is 36.1. The van der Waals surface area contributed by atoms with Crippen LogP contribution in [0.15, 0.2) is 58.7 Å². The molecule has 0 spiro atoms. The van der Waals surface area contributed by atoms with Gasteiger partial charge in [0.1, 0.15) is 5.01 Å². The minimum absolute atomic E-state index is 0.232. The molecule has 4 aromatic rings. The number of aryl methyl sites for hydroxylation is 1. The van der Waals surface area contributed by atoms with Gasteiger partial charge in [-0.3, -0.25) is 4.79 Å². The Morgan fingerprint density at radius 2 is 1.86 bits per heavy atom. The number of ether oxygens (including phenoxy) is 1. The van der Waals surface area contributed by atoms with E-state index in [1.165, 1.54) is 11.3 Å². The summed E-state index contributed by atoms with van der Waals surface area (Å²) < 4.78 is 5.47. The van der Waals surface area contributed by atoms with Gasteiger partial charge in [-0.1, -0.05) is 42.0 Å². The molecule has 0 aliphatic heterocycles. The number of esters is 1. The molecule has 0 fully saturated rings. The molecule has 2 aromatic carbocycles. The molecule has 28 heavy (non-hydrogen) atoms. The van der Waals surface area contributed by atoms with Crippen LogP contribution in [0.2, 0.25) is 0 Å². The summed E-state index contributed by atoms with van der Waals surface area (Å²) >= 11 is 1.38. The van der Waals surface area contributed by atoms with E-state index in [0.29, 0.717) is 16.7 Å². The maximum Gasteiger partial charge on any atom is 0.358 e. The molecular formula is C21H17N3O3S. The number of nitrogens with one attached hydrogen (secondary N) is 1. The molecule has 2 heterocycles. The third-order valence-electron chi connectivity index (χ3n) is 4.31. The Balaban J connectivity index is 1.54. The van der Waals surface area contributed by atoms with Crippen LogP contribution in [0.4, 0.5) is 0 Å². The van der Waals surface area contributed by atoms with E-state index >= 15 is 0 Å². The summed E-state index contributed by atoms with van der Waals surface area (Å²) in [6.45, 7) is 3.68. The van der Waals surface area contributed by atoms with Crippen LogP contribution in [0.25, 0.3) is 21.5 Å². The highest BCUT2D eigenvalue weighted by Gasteiger charge is 2.19. The largest absolute Gasteiger partial charge is 0.450 e. The van der Waals surface area contributed by atoms with Crippen LogP contribution in [-0.4, -0.2) is 20.9 Å². The number of aromatic nitrogens is 3. The number of rotatable bonds is 4. The maximum absolute atomic E-state index is 12.5. The highest BCUT2D eigenvalue weighted by molar-refractivity contribution is 7.13. The summed E-state index contributed by atoms with van der Waals surface area (Å²) in [6.07, 6.45) is -0.714. The molecule has 7 heteroatoms. The molecule has 0 aliphatic carbocycles. The number of nitrogens with zero attached hydrogens (tertiary/aromatic N) is 2. The second-order valence-corrected chi connectivity index (χ2v) is 7.28. The summed E-state index contributed by atoms with van der Waals surface area (Å²) in [5.41, 5.74) is 2.63. The lowest BCUT2D eigenvalue weighted by Gasteiger charge is -2.12. The number of aromatic amines is 1. The Morgan fingerprint density at radius 3 is 2.64 bits per heavy atom. The van der Waals surface area contributed by atoms with E-state index in [1.807, 2.05) is 31.2 Å². The maximum atomic E-state index is 12.5. The lowest BCUT2D eigenvalue weighted by atomic mass is 10.2. The van der Waals surface area contributed by atoms with E-state index in [0.717, 1.165) is 16.1 Å². The number of H-pyrrole nitrogens is 1. The van der Waals surface area contributed by atoms with E-state index in [2.05, 4.69) is 15.0 Å². The van der Waals surface area contributed by atoms with Gasteiger partial charge < -0.3 is 9.72 Å². The monoisotopic (exact) mass is 391 g/mol. The van der Waals surface area contributed by atoms with Crippen LogP contribution in [-0.2, 0) is 4.74 Å². The molecule has 2 aromatic heterocycles. The fourth-order valence-electron chi connectivity index (χ4n) is 2.77. The Kier molecular flexibility index (Phi) is 4.75. The van der Waals surface area contributed by atoms with Gasteiger partial charge >= 0.3 is 5.97 Å². The molecule has 6 nitrogen and oxygen atoms in total. The second kappa shape index (κ2) is 7.36. The van der Waals surface area contributed by atoms with Gasteiger partial charge in [-0.25, -0.2) is 14.8 Å². The first kappa shape index (κ1) is 18.1. The highest BCUT2D eigenvalue weighted by Crippen LogP contribution is 2.25. The van der Waals surface area contributed by atoms with Crippen molar-refractivity contribution in [2.45, 2.75) is 20.0 Å². The molecule has 0 aliphatic rings. The Morgan fingerprint density at radius 1 is 1.11 bits per heavy atom. The molecule has 0 bridgehead atoms. The van der Waals surface area contributed by atoms with Crippen molar-refractivity contribution in [1.29, 1.82) is 0 Å².